The molecule has 6 heteroatoms. The van der Waals surface area contributed by atoms with Gasteiger partial charge in [0.2, 0.25) is 5.88 Å². The third kappa shape index (κ3) is 4.35. The van der Waals surface area contributed by atoms with Crippen molar-refractivity contribution < 1.29 is 30.9 Å². The van der Waals surface area contributed by atoms with E-state index in [-0.39, 0.29) is 26.8 Å². The second-order valence-corrected chi connectivity index (χ2v) is 9.27. The Hall–Kier alpha value is -4.47. The third-order valence-corrected chi connectivity index (χ3v) is 6.80. The molecule has 7 rings (SSSR count). The van der Waals surface area contributed by atoms with Crippen LogP contribution in [0.3, 0.4) is 0 Å². The first-order valence-corrected chi connectivity index (χ1v) is 12.4. The number of aromatic nitrogens is 3. The number of aromatic hydroxyl groups is 1. The maximum Gasteiger partial charge on any atom is 0.217 e. The molecule has 0 atom stereocenters. The number of benzene rings is 4. The van der Waals surface area contributed by atoms with Crippen molar-refractivity contribution in [2.75, 3.05) is 0 Å². The van der Waals surface area contributed by atoms with Gasteiger partial charge >= 0.3 is 0 Å². The molecule has 0 fully saturated rings. The Morgan fingerprint density at radius 3 is 2.44 bits per heavy atom. The minimum Gasteiger partial charge on any atom is -0.506 e. The summed E-state index contributed by atoms with van der Waals surface area (Å²) in [6.07, 6.45) is 1.82. The molecule has 0 aliphatic rings. The molecule has 0 radical (unpaired) electrons. The number of para-hydroxylation sites is 1. The Bertz CT molecular complexity index is 1980. The van der Waals surface area contributed by atoms with Gasteiger partial charge in [-0.1, -0.05) is 54.0 Å². The fourth-order valence-corrected chi connectivity index (χ4v) is 5.04. The van der Waals surface area contributed by atoms with Crippen molar-refractivity contribution in [2.45, 2.75) is 6.92 Å². The van der Waals surface area contributed by atoms with Crippen molar-refractivity contribution in [3.8, 4) is 34.3 Å². The number of phenolic OH excluding ortho intramolecular Hbond substituents is 1. The van der Waals surface area contributed by atoms with E-state index in [1.807, 2.05) is 85.1 Å². The molecule has 0 aliphatic carbocycles. The van der Waals surface area contributed by atoms with Crippen LogP contribution in [-0.4, -0.2) is 19.6 Å². The average molecular weight is 688 g/mol. The van der Waals surface area contributed by atoms with Crippen LogP contribution < -0.4 is 4.74 Å². The molecule has 4 aromatic carbocycles. The smallest absolute Gasteiger partial charge is 0.217 e. The van der Waals surface area contributed by atoms with E-state index in [9.17, 15) is 5.11 Å². The second kappa shape index (κ2) is 10.0. The van der Waals surface area contributed by atoms with Crippen molar-refractivity contribution in [3.63, 3.8) is 0 Å². The van der Waals surface area contributed by atoms with Crippen LogP contribution in [0.1, 0.15) is 5.56 Å². The van der Waals surface area contributed by atoms with E-state index < -0.39 is 0 Å². The standard InChI is InChI=1S/C33H22N3O2.Pt/c1-21-17-18-34-31(19-21)36-28-10-6-5-9-25(28)26-12-11-23(20-29(26)36)38-32-16-14-27-24(22-7-3-2-4-8-22)13-15-30(37)33(27)35-32;/h2-19,37H,1H3;/q-1;. The molecule has 0 saturated heterocycles. The maximum absolute atomic E-state index is 10.6. The minimum absolute atomic E-state index is 0. The number of nitrogens with zero attached hydrogens (tertiary/aromatic N) is 3. The van der Waals surface area contributed by atoms with Crippen LogP contribution in [-0.2, 0) is 21.1 Å². The molecule has 3 heterocycles. The van der Waals surface area contributed by atoms with Crippen LogP contribution in [0.4, 0.5) is 0 Å². The van der Waals surface area contributed by atoms with Gasteiger partial charge in [0.05, 0.1) is 0 Å². The largest absolute Gasteiger partial charge is 0.506 e. The fraction of sp³-hybridized carbons (Fsp3) is 0.0303. The number of pyridine rings is 2. The summed E-state index contributed by atoms with van der Waals surface area (Å²) in [5, 5.41) is 13.6. The Labute approximate surface area is 239 Å². The summed E-state index contributed by atoms with van der Waals surface area (Å²) in [7, 11) is 0. The molecule has 0 unspecified atom stereocenters. The number of fused-ring (bicyclic) bond motifs is 4. The number of hydrogen-bond donors (Lipinski definition) is 1. The zero-order valence-corrected chi connectivity index (χ0v) is 23.2. The predicted octanol–water partition coefficient (Wildman–Crippen LogP) is 8.00. The summed E-state index contributed by atoms with van der Waals surface area (Å²) >= 11 is 0. The molecule has 0 saturated carbocycles. The number of aryl methyl sites for hydroxylation is 1. The quantitative estimate of drug-likeness (QED) is 0.191. The van der Waals surface area contributed by atoms with E-state index in [0.717, 1.165) is 49.7 Å². The predicted molar refractivity (Wildman–Crippen MR) is 151 cm³/mol. The van der Waals surface area contributed by atoms with E-state index in [4.69, 9.17) is 4.74 Å². The van der Waals surface area contributed by atoms with E-state index in [1.54, 1.807) is 6.07 Å². The molecular weight excluding hydrogens is 665 g/mol. The van der Waals surface area contributed by atoms with Crippen molar-refractivity contribution in [3.05, 3.63) is 121 Å². The number of ether oxygens (including phenoxy) is 1. The van der Waals surface area contributed by atoms with Gasteiger partial charge < -0.3 is 14.4 Å². The van der Waals surface area contributed by atoms with Crippen LogP contribution in [0.2, 0.25) is 0 Å². The third-order valence-electron chi connectivity index (χ3n) is 6.80. The molecule has 0 aliphatic heterocycles. The van der Waals surface area contributed by atoms with Crippen molar-refractivity contribution in [1.82, 2.24) is 14.5 Å². The monoisotopic (exact) mass is 687 g/mol. The summed E-state index contributed by atoms with van der Waals surface area (Å²) in [6.45, 7) is 2.06. The van der Waals surface area contributed by atoms with Crippen LogP contribution in [0.5, 0.6) is 17.4 Å². The molecule has 39 heavy (non-hydrogen) atoms. The topological polar surface area (TPSA) is 60.2 Å². The molecule has 192 valence electrons. The van der Waals surface area contributed by atoms with Gasteiger partial charge in [0, 0.05) is 50.0 Å². The van der Waals surface area contributed by atoms with Crippen molar-refractivity contribution in [2.24, 2.45) is 0 Å². The van der Waals surface area contributed by atoms with Gasteiger partial charge in [-0.15, -0.1) is 17.5 Å². The molecule has 0 bridgehead atoms. The minimum atomic E-state index is 0. The maximum atomic E-state index is 10.6. The zero-order valence-electron chi connectivity index (χ0n) is 20.9. The van der Waals surface area contributed by atoms with Gasteiger partial charge in [-0.3, -0.25) is 0 Å². The molecule has 0 spiro atoms. The normalized spacial score (nSPS) is 11.1. The summed E-state index contributed by atoms with van der Waals surface area (Å²) in [5.41, 5.74) is 5.60. The van der Waals surface area contributed by atoms with Gasteiger partial charge in [0.25, 0.3) is 0 Å². The molecule has 0 amide bonds. The fourth-order valence-electron chi connectivity index (χ4n) is 5.04. The van der Waals surface area contributed by atoms with Crippen LogP contribution >= 0.6 is 0 Å². The molecular formula is C33H22N3O2Pt-. The SMILES string of the molecule is Cc1ccnc(-n2c3[c-]c(Oc4ccc5c(-c6ccccc6)ccc(O)c5n4)ccc3c3ccccc32)c1.[Pt]. The first kappa shape index (κ1) is 24.8. The summed E-state index contributed by atoms with van der Waals surface area (Å²) in [6, 6.07) is 37.1. The molecule has 7 aromatic rings. The first-order chi connectivity index (χ1) is 18.7. The van der Waals surface area contributed by atoms with E-state index >= 15 is 0 Å². The first-order valence-electron chi connectivity index (χ1n) is 12.4. The number of hydrogen-bond acceptors (Lipinski definition) is 4. The summed E-state index contributed by atoms with van der Waals surface area (Å²) < 4.78 is 8.30. The molecule has 1 N–H and O–H groups in total. The van der Waals surface area contributed by atoms with Gasteiger partial charge in [-0.25, -0.2) is 9.97 Å². The van der Waals surface area contributed by atoms with Gasteiger partial charge in [0.15, 0.2) is 0 Å². The number of rotatable bonds is 4. The van der Waals surface area contributed by atoms with Crippen molar-refractivity contribution >= 4 is 32.7 Å². The Morgan fingerprint density at radius 2 is 1.59 bits per heavy atom. The van der Waals surface area contributed by atoms with Crippen LogP contribution in [0.25, 0.3) is 49.7 Å². The second-order valence-electron chi connectivity index (χ2n) is 9.27. The summed E-state index contributed by atoms with van der Waals surface area (Å²) in [4.78, 5) is 9.29. The summed E-state index contributed by atoms with van der Waals surface area (Å²) in [5.74, 6) is 1.84. The van der Waals surface area contributed by atoms with E-state index in [1.165, 1.54) is 0 Å². The average Bonchev–Trinajstić information content (AvgIpc) is 3.28. The van der Waals surface area contributed by atoms with Crippen LogP contribution in [0, 0.1) is 13.0 Å². The Morgan fingerprint density at radius 1 is 0.795 bits per heavy atom. The van der Waals surface area contributed by atoms with E-state index in [0.29, 0.717) is 17.1 Å². The zero-order chi connectivity index (χ0) is 25.6. The molecule has 3 aromatic heterocycles. The van der Waals surface area contributed by atoms with E-state index in [2.05, 4.69) is 45.7 Å². The molecule has 5 nitrogen and oxygen atoms in total. The number of phenols is 1. The van der Waals surface area contributed by atoms with Gasteiger partial charge in [-0.05, 0) is 65.4 Å². The Kier molecular flexibility index (Phi) is 6.38. The van der Waals surface area contributed by atoms with Gasteiger partial charge in [0.1, 0.15) is 17.1 Å². The Balaban J connectivity index is 0.00000277. The van der Waals surface area contributed by atoms with Gasteiger partial charge in [-0.2, -0.15) is 6.07 Å². The van der Waals surface area contributed by atoms with Crippen LogP contribution in [0.15, 0.2) is 109 Å². The van der Waals surface area contributed by atoms with Crippen molar-refractivity contribution in [1.29, 1.82) is 0 Å².